The third kappa shape index (κ3) is 41.1. The number of rotatable bonds is 21. The van der Waals surface area contributed by atoms with Gasteiger partial charge in [0.25, 0.3) is 0 Å². The van der Waals surface area contributed by atoms with Crippen LogP contribution in [0.5, 0.6) is 5.75 Å². The predicted octanol–water partition coefficient (Wildman–Crippen LogP) is 3.70. The van der Waals surface area contributed by atoms with Crippen molar-refractivity contribution < 1.29 is 101 Å². The molecule has 354 valence electrons. The van der Waals surface area contributed by atoms with E-state index in [-0.39, 0.29) is 83.3 Å². The van der Waals surface area contributed by atoms with E-state index in [2.05, 4.69) is 72.2 Å². The SMILES string of the molecule is NCCOCCOCCOc1cc(CN(Cc2ccccn2)Cc2ccccn2)cc(CN(Cc2ccccn2)Cc2ccccn2)c1.O=[N+]([O-])[O-].O=[N+]([O-])[O-].O=[N+]([O-])[O-].O=[N+]([O-])[O-].[Cd+2].[Se-2].[Zn+2].[Zn+2]. The van der Waals surface area contributed by atoms with E-state index in [1.165, 1.54) is 0 Å². The number of nitrogens with zero attached hydrogens (tertiary/aromatic N) is 10. The van der Waals surface area contributed by atoms with E-state index in [0.29, 0.717) is 78.8 Å². The third-order valence-corrected chi connectivity index (χ3v) is 7.42. The van der Waals surface area contributed by atoms with Gasteiger partial charge in [-0.05, 0) is 71.8 Å². The molecule has 5 aromatic rings. The Labute approximate surface area is 445 Å². The molecule has 0 fully saturated rings. The second-order valence-corrected chi connectivity index (χ2v) is 12.3. The summed E-state index contributed by atoms with van der Waals surface area (Å²) < 4.78 is 17.4. The second kappa shape index (κ2) is 44.4. The van der Waals surface area contributed by atoms with Gasteiger partial charge in [-0.25, -0.2) is 0 Å². The summed E-state index contributed by atoms with van der Waals surface area (Å²) in [4.78, 5) is 56.1. The summed E-state index contributed by atoms with van der Waals surface area (Å²) in [5.41, 5.74) is 11.8. The van der Waals surface area contributed by atoms with Crippen LogP contribution in [0.2, 0.25) is 0 Å². The topological polar surface area (TPSA) is 377 Å². The van der Waals surface area contributed by atoms with E-state index in [0.717, 1.165) is 39.7 Å². The summed E-state index contributed by atoms with van der Waals surface area (Å²) >= 11 is 0. The summed E-state index contributed by atoms with van der Waals surface area (Å²) in [7, 11) is 0. The average molecular weight is 1220 g/mol. The standard InChI is InChI=1S/C38H45N7O3.Cd.4NO3.Se.2Zn/c39-13-18-46-19-20-47-21-22-48-38-24-32(26-44(28-34-9-1-5-14-40-34)29-35-10-2-6-15-41-35)23-33(25-38)27-45(30-36-11-3-7-16-42-36)31-37-12-4-8-17-43-37;;4*2-1(3)4;;;/h1-12,14-17,23-25H,13,18-22,26-31,39H2;;;;;;;;/q;+2;4*-1;-2;2*+2. The van der Waals surface area contributed by atoms with Gasteiger partial charge in [-0.2, -0.15) is 0 Å². The van der Waals surface area contributed by atoms with Crippen molar-refractivity contribution in [3.8, 4) is 5.75 Å². The Bertz CT molecular complexity index is 1790. The van der Waals surface area contributed by atoms with Crippen LogP contribution in [0.3, 0.4) is 0 Å². The van der Waals surface area contributed by atoms with E-state index in [1.807, 2.05) is 73.3 Å². The molecule has 4 heterocycles. The van der Waals surface area contributed by atoms with Crippen LogP contribution in [-0.4, -0.2) is 107 Å². The third-order valence-electron chi connectivity index (χ3n) is 7.42. The molecule has 68 heavy (non-hydrogen) atoms. The fraction of sp³-hybridized carbons (Fsp3) is 0.316. The van der Waals surface area contributed by atoms with E-state index in [1.54, 1.807) is 0 Å². The molecule has 0 aliphatic heterocycles. The number of benzene rings is 1. The number of pyridine rings is 4. The zero-order chi connectivity index (χ0) is 47.4. The number of aromatic nitrogens is 4. The van der Waals surface area contributed by atoms with Gasteiger partial charge >= 0.3 is 66.3 Å². The normalized spacial score (nSPS) is 9.40. The van der Waals surface area contributed by atoms with Crippen molar-refractivity contribution in [3.05, 3.63) is 211 Å². The number of hydrogen-bond acceptors (Lipinski definition) is 22. The van der Waals surface area contributed by atoms with E-state index < -0.39 is 20.3 Å². The summed E-state index contributed by atoms with van der Waals surface area (Å²) in [6.45, 7) is 7.05. The van der Waals surface area contributed by atoms with E-state index >= 15 is 0 Å². The maximum absolute atomic E-state index is 8.25. The van der Waals surface area contributed by atoms with Gasteiger partial charge in [-0.3, -0.25) is 29.7 Å². The van der Waals surface area contributed by atoms with Crippen LogP contribution in [0.1, 0.15) is 33.9 Å². The fourth-order valence-corrected chi connectivity index (χ4v) is 5.35. The molecule has 0 unspecified atom stereocenters. The first-order chi connectivity index (χ1) is 30.7. The molecule has 0 radical (unpaired) electrons. The van der Waals surface area contributed by atoms with Gasteiger partial charge in [0.05, 0.1) is 69.5 Å². The molecule has 0 aliphatic carbocycles. The molecule has 0 spiro atoms. The minimum atomic E-state index is -1.75. The Kier molecular flexibility index (Phi) is 45.4. The molecule has 0 saturated heterocycles. The summed E-state index contributed by atoms with van der Waals surface area (Å²) in [5, 5.41) is 59.0. The maximum atomic E-state index is 8.25. The Morgan fingerprint density at radius 1 is 0.456 bits per heavy atom. The molecule has 5 rings (SSSR count). The first-order valence-corrected chi connectivity index (χ1v) is 18.6. The number of hydrogen-bond donors (Lipinski definition) is 1. The van der Waals surface area contributed by atoms with Crippen molar-refractivity contribution in [3.63, 3.8) is 0 Å². The Hall–Kier alpha value is -5.09. The van der Waals surface area contributed by atoms with Crippen LogP contribution in [0.25, 0.3) is 0 Å². The predicted molar refractivity (Wildman–Crippen MR) is 233 cm³/mol. The van der Waals surface area contributed by atoms with Crippen LogP contribution in [-0.2, 0) is 115 Å². The zero-order valence-electron chi connectivity index (χ0n) is 36.7. The first-order valence-electron chi connectivity index (χ1n) is 18.6. The minimum Gasteiger partial charge on any atom is -2.00 e. The molecule has 1 aromatic carbocycles. The molecule has 30 heteroatoms. The molecule has 0 atom stereocenters. The Balaban J connectivity index is -0.000000892. The number of ether oxygens (including phenoxy) is 3. The maximum Gasteiger partial charge on any atom is 2.00 e. The Morgan fingerprint density at radius 3 is 1.00 bits per heavy atom. The first kappa shape index (κ1) is 69.5. The molecule has 0 amide bonds. The van der Waals surface area contributed by atoms with Gasteiger partial charge in [0, 0.05) is 70.6 Å². The van der Waals surface area contributed by atoms with Crippen LogP contribution >= 0.6 is 0 Å². The quantitative estimate of drug-likeness (QED) is 0.0473. The number of nitrogens with two attached hydrogens (primary N) is 1. The molecular formula is C38H45CdN11O15SeZn2. The fourth-order valence-electron chi connectivity index (χ4n) is 5.35. The van der Waals surface area contributed by atoms with Crippen molar-refractivity contribution in [2.75, 3.05) is 39.6 Å². The van der Waals surface area contributed by atoms with Crippen LogP contribution in [0.4, 0.5) is 0 Å². The summed E-state index contributed by atoms with van der Waals surface area (Å²) in [5.74, 6) is 0.803. The molecule has 0 bridgehead atoms. The van der Waals surface area contributed by atoms with Gasteiger partial charge < -0.3 is 98.3 Å². The van der Waals surface area contributed by atoms with Crippen molar-refractivity contribution in [1.82, 2.24) is 29.7 Å². The zero-order valence-corrected chi connectivity index (χ0v) is 48.3. The van der Waals surface area contributed by atoms with Crippen LogP contribution in [0.15, 0.2) is 116 Å². The minimum absolute atomic E-state index is 0. The average Bonchev–Trinajstić information content (AvgIpc) is 3.22. The van der Waals surface area contributed by atoms with E-state index in [4.69, 9.17) is 81.2 Å². The summed E-state index contributed by atoms with van der Waals surface area (Å²) in [6.07, 6.45) is 7.35. The van der Waals surface area contributed by atoms with Crippen LogP contribution < -0.4 is 10.5 Å². The Morgan fingerprint density at radius 2 is 0.735 bits per heavy atom. The van der Waals surface area contributed by atoms with Crippen molar-refractivity contribution in [2.24, 2.45) is 5.73 Å². The van der Waals surface area contributed by atoms with Crippen molar-refractivity contribution in [1.29, 1.82) is 0 Å². The molecule has 0 saturated carbocycles. The smallest absolute Gasteiger partial charge is 2.00 e. The monoisotopic (exact) mass is 1220 g/mol. The van der Waals surface area contributed by atoms with Crippen molar-refractivity contribution in [2.45, 2.75) is 39.3 Å². The van der Waals surface area contributed by atoms with Gasteiger partial charge in [0.15, 0.2) is 0 Å². The van der Waals surface area contributed by atoms with Crippen LogP contribution in [0, 0.1) is 61.3 Å². The molecule has 26 nitrogen and oxygen atoms in total. The molecular weight excluding hydrogens is 1170 g/mol. The van der Waals surface area contributed by atoms with E-state index in [9.17, 15) is 0 Å². The van der Waals surface area contributed by atoms with Gasteiger partial charge in [0.1, 0.15) is 12.4 Å². The van der Waals surface area contributed by atoms with Gasteiger partial charge in [-0.1, -0.05) is 30.3 Å². The van der Waals surface area contributed by atoms with Gasteiger partial charge in [0.2, 0.25) is 0 Å². The largest absolute Gasteiger partial charge is 2.00 e. The molecule has 4 aromatic heterocycles. The van der Waals surface area contributed by atoms with Gasteiger partial charge in [-0.15, -0.1) is 0 Å². The summed E-state index contributed by atoms with van der Waals surface area (Å²) in [6, 6.07) is 30.6. The molecule has 0 aliphatic rings. The second-order valence-electron chi connectivity index (χ2n) is 12.3. The van der Waals surface area contributed by atoms with Crippen molar-refractivity contribution >= 4 is 17.1 Å². The molecule has 2 N–H and O–H groups in total.